The molecule has 0 aromatic carbocycles. The van der Waals surface area contributed by atoms with Crippen LogP contribution in [0.2, 0.25) is 18.6 Å². The highest BCUT2D eigenvalue weighted by atomic mass is 28.4. The molecule has 0 unspecified atom stereocenters. The fourth-order valence-corrected chi connectivity index (χ4v) is 4.90. The van der Waals surface area contributed by atoms with Crippen LogP contribution in [0, 0.1) is 0 Å². The van der Waals surface area contributed by atoms with E-state index in [1.807, 2.05) is 0 Å². The van der Waals surface area contributed by atoms with Gasteiger partial charge in [0.1, 0.15) is 0 Å². The molecule has 0 atom stereocenters. The Morgan fingerprint density at radius 2 is 1.91 bits per heavy atom. The Hall–Kier alpha value is 0.177. The maximum absolute atomic E-state index is 5.97. The third-order valence-electron chi connectivity index (χ3n) is 2.61. The van der Waals surface area contributed by atoms with Crippen LogP contribution >= 0.6 is 0 Å². The third kappa shape index (κ3) is 2.95. The molecule has 1 nitrogen and oxygen atoms in total. The second-order valence-electron chi connectivity index (χ2n) is 3.86. The van der Waals surface area contributed by atoms with Crippen LogP contribution in [0.4, 0.5) is 0 Å². The smallest absolute Gasteiger partial charge is 0.189 e. The second kappa shape index (κ2) is 4.26. The monoisotopic (exact) mass is 172 g/mol. The minimum Gasteiger partial charge on any atom is -0.417 e. The molecule has 0 saturated carbocycles. The number of hydrogen-bond acceptors (Lipinski definition) is 1. The van der Waals surface area contributed by atoms with Crippen molar-refractivity contribution in [3.8, 4) is 0 Å². The van der Waals surface area contributed by atoms with Gasteiger partial charge in [-0.2, -0.15) is 0 Å². The summed E-state index contributed by atoms with van der Waals surface area (Å²) in [5.41, 5.74) is 0. The maximum atomic E-state index is 5.97. The summed E-state index contributed by atoms with van der Waals surface area (Å²) in [5.74, 6) is 0. The lowest BCUT2D eigenvalue weighted by Gasteiger charge is -2.21. The van der Waals surface area contributed by atoms with E-state index in [0.717, 1.165) is 6.61 Å². The first-order valence-corrected chi connectivity index (χ1v) is 7.73. The molecule has 0 bridgehead atoms. The van der Waals surface area contributed by atoms with Crippen LogP contribution in [-0.4, -0.2) is 14.9 Å². The van der Waals surface area contributed by atoms with Gasteiger partial charge in [0.15, 0.2) is 8.32 Å². The first-order valence-electron chi connectivity index (χ1n) is 4.91. The van der Waals surface area contributed by atoms with Gasteiger partial charge in [-0.05, 0) is 25.1 Å². The van der Waals surface area contributed by atoms with E-state index in [4.69, 9.17) is 4.43 Å². The van der Waals surface area contributed by atoms with Crippen LogP contribution in [0.1, 0.15) is 32.6 Å². The number of hydrogen-bond donors (Lipinski definition) is 0. The predicted octanol–water partition coefficient (Wildman–Crippen LogP) is 3.17. The summed E-state index contributed by atoms with van der Waals surface area (Å²) in [6.45, 7) is 5.65. The van der Waals surface area contributed by atoms with Crippen molar-refractivity contribution in [2.45, 2.75) is 51.2 Å². The van der Waals surface area contributed by atoms with E-state index in [-0.39, 0.29) is 0 Å². The summed E-state index contributed by atoms with van der Waals surface area (Å²) >= 11 is 0. The van der Waals surface area contributed by atoms with Crippen molar-refractivity contribution < 1.29 is 4.43 Å². The van der Waals surface area contributed by atoms with Crippen molar-refractivity contribution in [3.05, 3.63) is 0 Å². The molecule has 66 valence electrons. The minimum absolute atomic E-state index is 1.03. The zero-order valence-electron chi connectivity index (χ0n) is 7.86. The first-order chi connectivity index (χ1) is 5.27. The summed E-state index contributed by atoms with van der Waals surface area (Å²) in [7, 11) is -1.12. The Bertz CT molecular complexity index is 108. The Labute approximate surface area is 71.3 Å². The summed E-state index contributed by atoms with van der Waals surface area (Å²) in [6.07, 6.45) is 5.37. The molecule has 1 heterocycles. The van der Waals surface area contributed by atoms with Crippen molar-refractivity contribution in [1.82, 2.24) is 0 Å². The predicted molar refractivity (Wildman–Crippen MR) is 51.3 cm³/mol. The van der Waals surface area contributed by atoms with Gasteiger partial charge in [0.2, 0.25) is 0 Å². The summed E-state index contributed by atoms with van der Waals surface area (Å²) < 4.78 is 5.97. The molecule has 0 amide bonds. The van der Waals surface area contributed by atoms with Gasteiger partial charge < -0.3 is 4.43 Å². The van der Waals surface area contributed by atoms with Crippen LogP contribution in [0.3, 0.4) is 0 Å². The van der Waals surface area contributed by atoms with E-state index < -0.39 is 8.32 Å². The highest BCUT2D eigenvalue weighted by molar-refractivity contribution is 6.73. The van der Waals surface area contributed by atoms with Crippen LogP contribution in [-0.2, 0) is 4.43 Å². The lowest BCUT2D eigenvalue weighted by atomic mass is 10.4. The SMILES string of the molecule is CCCCO[Si]1(C)CCCC1. The molecule has 1 rings (SSSR count). The molecular weight excluding hydrogens is 152 g/mol. The van der Waals surface area contributed by atoms with Gasteiger partial charge in [0.25, 0.3) is 0 Å². The molecule has 0 aromatic rings. The minimum atomic E-state index is -1.12. The van der Waals surface area contributed by atoms with Crippen molar-refractivity contribution >= 4 is 8.32 Å². The highest BCUT2D eigenvalue weighted by Crippen LogP contribution is 2.30. The van der Waals surface area contributed by atoms with Crippen molar-refractivity contribution in [2.75, 3.05) is 6.61 Å². The fraction of sp³-hybridized carbons (Fsp3) is 1.00. The molecule has 1 saturated heterocycles. The average Bonchev–Trinajstić information content (AvgIpc) is 2.38. The highest BCUT2D eigenvalue weighted by Gasteiger charge is 2.32. The summed E-state index contributed by atoms with van der Waals surface area (Å²) in [6, 6.07) is 2.83. The standard InChI is InChI=1S/C9H20OSi/c1-3-4-7-10-11(2)8-5-6-9-11/h3-9H2,1-2H3. The zero-order chi connectivity index (χ0) is 8.16. The van der Waals surface area contributed by atoms with E-state index in [9.17, 15) is 0 Å². The molecule has 0 N–H and O–H groups in total. The first kappa shape index (κ1) is 9.27. The van der Waals surface area contributed by atoms with Gasteiger partial charge in [-0.3, -0.25) is 0 Å². The summed E-state index contributed by atoms with van der Waals surface area (Å²) in [5, 5.41) is 0. The molecule has 0 aliphatic carbocycles. The van der Waals surface area contributed by atoms with Gasteiger partial charge in [-0.25, -0.2) is 0 Å². The lowest BCUT2D eigenvalue weighted by Crippen LogP contribution is -2.30. The van der Waals surface area contributed by atoms with E-state index in [1.165, 1.54) is 37.8 Å². The van der Waals surface area contributed by atoms with Crippen LogP contribution in [0.25, 0.3) is 0 Å². The van der Waals surface area contributed by atoms with Crippen molar-refractivity contribution in [1.29, 1.82) is 0 Å². The average molecular weight is 172 g/mol. The number of rotatable bonds is 4. The van der Waals surface area contributed by atoms with E-state index in [1.54, 1.807) is 0 Å². The summed E-state index contributed by atoms with van der Waals surface area (Å²) in [4.78, 5) is 0. The molecule has 1 aliphatic heterocycles. The van der Waals surface area contributed by atoms with Crippen molar-refractivity contribution in [2.24, 2.45) is 0 Å². The molecule has 1 fully saturated rings. The van der Waals surface area contributed by atoms with Gasteiger partial charge in [-0.15, -0.1) is 0 Å². The van der Waals surface area contributed by atoms with Gasteiger partial charge in [-0.1, -0.05) is 26.2 Å². The molecule has 0 radical (unpaired) electrons. The Kier molecular flexibility index (Phi) is 3.59. The molecular formula is C9H20OSi. The van der Waals surface area contributed by atoms with Gasteiger partial charge in [0, 0.05) is 6.61 Å². The van der Waals surface area contributed by atoms with E-state index in [2.05, 4.69) is 13.5 Å². The van der Waals surface area contributed by atoms with Gasteiger partial charge in [0.05, 0.1) is 0 Å². The van der Waals surface area contributed by atoms with Crippen LogP contribution in [0.15, 0.2) is 0 Å². The molecule has 0 spiro atoms. The largest absolute Gasteiger partial charge is 0.417 e. The van der Waals surface area contributed by atoms with Crippen molar-refractivity contribution in [3.63, 3.8) is 0 Å². The van der Waals surface area contributed by atoms with Crippen LogP contribution < -0.4 is 0 Å². The maximum Gasteiger partial charge on any atom is 0.189 e. The molecule has 2 heteroatoms. The normalized spacial score (nSPS) is 22.4. The molecule has 1 aliphatic rings. The molecule has 11 heavy (non-hydrogen) atoms. The number of unbranched alkanes of at least 4 members (excludes halogenated alkanes) is 1. The molecule has 0 aromatic heterocycles. The van der Waals surface area contributed by atoms with Crippen LogP contribution in [0.5, 0.6) is 0 Å². The van der Waals surface area contributed by atoms with E-state index >= 15 is 0 Å². The van der Waals surface area contributed by atoms with Gasteiger partial charge >= 0.3 is 0 Å². The topological polar surface area (TPSA) is 9.23 Å². The zero-order valence-corrected chi connectivity index (χ0v) is 8.86. The third-order valence-corrected chi connectivity index (χ3v) is 6.33. The Morgan fingerprint density at radius 1 is 1.27 bits per heavy atom. The quantitative estimate of drug-likeness (QED) is 0.467. The lowest BCUT2D eigenvalue weighted by molar-refractivity contribution is 0.298. The van der Waals surface area contributed by atoms with E-state index in [0.29, 0.717) is 0 Å². The Morgan fingerprint density at radius 3 is 2.45 bits per heavy atom. The fourth-order valence-electron chi connectivity index (χ4n) is 1.73. The second-order valence-corrected chi connectivity index (χ2v) is 8.05. The Balaban J connectivity index is 2.13.